The van der Waals surface area contributed by atoms with E-state index in [0.29, 0.717) is 5.92 Å². The van der Waals surface area contributed by atoms with Gasteiger partial charge < -0.3 is 0 Å². The number of hydrogen-bond acceptors (Lipinski definition) is 2. The Morgan fingerprint density at radius 1 is 0.450 bits per heavy atom. The number of aliphatic imine (C=N–C) groups is 2. The van der Waals surface area contributed by atoms with E-state index in [2.05, 4.69) is 48.1 Å². The van der Waals surface area contributed by atoms with Gasteiger partial charge in [-0.2, -0.15) is 0 Å². The second kappa shape index (κ2) is 25.2. The van der Waals surface area contributed by atoms with Crippen molar-refractivity contribution in [3.8, 4) is 0 Å². The molecule has 1 heterocycles. The lowest BCUT2D eigenvalue weighted by Crippen LogP contribution is -2.01. The summed E-state index contributed by atoms with van der Waals surface area (Å²) < 4.78 is 0. The largest absolute Gasteiger partial charge is 0.243 e. The summed E-state index contributed by atoms with van der Waals surface area (Å²) in [7, 11) is 0. The van der Waals surface area contributed by atoms with Crippen molar-refractivity contribution in [2.75, 3.05) is 0 Å². The fourth-order valence-electron chi connectivity index (χ4n) is 6.24. The average Bonchev–Trinajstić information content (AvgIpc) is 3.52. The molecule has 2 rings (SSSR count). The molecule has 1 aromatic carbocycles. The first-order valence-corrected chi connectivity index (χ1v) is 17.9. The lowest BCUT2D eigenvalue weighted by Gasteiger charge is -2.17. The summed E-state index contributed by atoms with van der Waals surface area (Å²) in [5.41, 5.74) is 2.67. The molecule has 2 nitrogen and oxygen atoms in total. The van der Waals surface area contributed by atoms with Crippen molar-refractivity contribution in [2.24, 2.45) is 9.98 Å². The van der Waals surface area contributed by atoms with E-state index in [0.717, 1.165) is 11.7 Å². The first-order chi connectivity index (χ1) is 19.8. The molecular weight excluding hydrogens is 484 g/mol. The van der Waals surface area contributed by atoms with Crippen LogP contribution in [0.15, 0.2) is 34.3 Å². The summed E-state index contributed by atoms with van der Waals surface area (Å²) in [5.74, 6) is 0.710. The highest BCUT2D eigenvalue weighted by molar-refractivity contribution is 6.18. The molecule has 1 aromatic rings. The lowest BCUT2D eigenvalue weighted by atomic mass is 9.87. The molecule has 2 heteroatoms. The molecule has 0 radical (unpaired) electrons. The zero-order valence-electron chi connectivity index (χ0n) is 26.8. The maximum absolute atomic E-state index is 4.37. The van der Waals surface area contributed by atoms with Crippen molar-refractivity contribution < 1.29 is 0 Å². The minimum absolute atomic E-state index is 0.710. The maximum atomic E-state index is 4.37. The standard InChI is InChI=1S/C38H65N2/c1-3-5-7-9-11-13-14-15-16-17-18-19-20-22-24-26-28-35(27-25-23-21-12-10-8-6-4-2)36-29-31-37(32-30-36)38-39-33-34-40-38/h29-35H,3-28H2,1-2H3/q+1. The molecule has 40 heavy (non-hydrogen) atoms. The Morgan fingerprint density at radius 2 is 0.775 bits per heavy atom. The molecule has 1 aliphatic rings. The van der Waals surface area contributed by atoms with Crippen LogP contribution < -0.4 is 0 Å². The van der Waals surface area contributed by atoms with Gasteiger partial charge in [0.15, 0.2) is 0 Å². The van der Waals surface area contributed by atoms with Crippen molar-refractivity contribution in [2.45, 2.75) is 187 Å². The fraction of sp³-hybridized carbons (Fsp3) is 0.763. The van der Waals surface area contributed by atoms with E-state index in [9.17, 15) is 0 Å². The minimum Gasteiger partial charge on any atom is -0.147 e. The molecule has 0 N–H and O–H groups in total. The fourth-order valence-corrected chi connectivity index (χ4v) is 6.24. The topological polar surface area (TPSA) is 24.7 Å². The average molecular weight is 550 g/mol. The van der Waals surface area contributed by atoms with Crippen LogP contribution in [-0.2, 0) is 0 Å². The summed E-state index contributed by atoms with van der Waals surface area (Å²) in [6, 6.07) is 9.18. The Balaban J connectivity index is 1.56. The first kappa shape index (κ1) is 34.6. The van der Waals surface area contributed by atoms with Gasteiger partial charge in [-0.3, -0.25) is 0 Å². The van der Waals surface area contributed by atoms with Gasteiger partial charge in [0.05, 0.1) is 0 Å². The highest BCUT2D eigenvalue weighted by Gasteiger charge is 2.19. The van der Waals surface area contributed by atoms with E-state index in [-0.39, 0.29) is 0 Å². The van der Waals surface area contributed by atoms with E-state index in [1.165, 1.54) is 173 Å². The van der Waals surface area contributed by atoms with E-state index in [1.54, 1.807) is 12.4 Å². The van der Waals surface area contributed by atoms with Gasteiger partial charge in [-0.15, -0.1) is 9.98 Å². The third-order valence-corrected chi connectivity index (χ3v) is 8.91. The van der Waals surface area contributed by atoms with Crippen LogP contribution in [0.25, 0.3) is 0 Å². The van der Waals surface area contributed by atoms with Crippen molar-refractivity contribution >= 4 is 12.4 Å². The van der Waals surface area contributed by atoms with E-state index >= 15 is 0 Å². The second-order valence-corrected chi connectivity index (χ2v) is 12.6. The monoisotopic (exact) mass is 550 g/mol. The normalized spacial score (nSPS) is 13.5. The quantitative estimate of drug-likeness (QED) is 0.0733. The number of hydrogen-bond donors (Lipinski definition) is 0. The summed E-state index contributed by atoms with van der Waals surface area (Å²) in [4.78, 5) is 8.74. The lowest BCUT2D eigenvalue weighted by molar-refractivity contribution is 0.481. The van der Waals surface area contributed by atoms with Gasteiger partial charge in [-0.05, 0) is 36.5 Å². The third-order valence-electron chi connectivity index (χ3n) is 8.91. The Morgan fingerprint density at radius 3 is 1.12 bits per heavy atom. The first-order valence-electron chi connectivity index (χ1n) is 17.9. The van der Waals surface area contributed by atoms with Crippen LogP contribution >= 0.6 is 0 Å². The highest BCUT2D eigenvalue weighted by atomic mass is 15.0. The zero-order chi connectivity index (χ0) is 28.4. The van der Waals surface area contributed by atoms with Gasteiger partial charge in [0, 0.05) is 12.1 Å². The molecule has 226 valence electrons. The summed E-state index contributed by atoms with van der Waals surface area (Å²) in [6.07, 6.45) is 41.4. The van der Waals surface area contributed by atoms with E-state index in [1.807, 2.05) is 0 Å². The van der Waals surface area contributed by atoms with Crippen LogP contribution in [0.4, 0.5) is 0 Å². The summed E-state index contributed by atoms with van der Waals surface area (Å²) in [6.45, 7) is 4.61. The Hall–Kier alpha value is -1.57. The van der Waals surface area contributed by atoms with Gasteiger partial charge in [0.1, 0.15) is 18.0 Å². The van der Waals surface area contributed by atoms with Crippen LogP contribution in [-0.4, -0.2) is 12.4 Å². The van der Waals surface area contributed by atoms with Crippen LogP contribution in [0.5, 0.6) is 0 Å². The second-order valence-electron chi connectivity index (χ2n) is 12.6. The Labute approximate surface area is 250 Å². The van der Waals surface area contributed by atoms with Crippen LogP contribution in [0.2, 0.25) is 0 Å². The predicted octanol–water partition coefficient (Wildman–Crippen LogP) is 12.9. The molecule has 0 bridgehead atoms. The molecule has 0 fully saturated rings. The van der Waals surface area contributed by atoms with Crippen molar-refractivity contribution in [3.63, 3.8) is 0 Å². The molecule has 1 atom stereocenters. The molecule has 0 saturated carbocycles. The molecule has 1 aliphatic heterocycles. The number of nitrogens with zero attached hydrogens (tertiary/aromatic N) is 2. The van der Waals surface area contributed by atoms with Crippen molar-refractivity contribution in [1.29, 1.82) is 0 Å². The number of unbranched alkanes of at least 4 members (excludes halogenated alkanes) is 22. The van der Waals surface area contributed by atoms with Crippen LogP contribution in [0.3, 0.4) is 0 Å². The summed E-state index contributed by atoms with van der Waals surface area (Å²) in [5, 5.41) is 0. The SMILES string of the molecule is CCCCCCCCCCCCCCCCCCC(CCCCCCCCCC)c1ccc([C+]2N=CC=N2)cc1. The van der Waals surface area contributed by atoms with Crippen molar-refractivity contribution in [1.82, 2.24) is 0 Å². The molecule has 0 aliphatic carbocycles. The number of rotatable bonds is 28. The van der Waals surface area contributed by atoms with E-state index < -0.39 is 0 Å². The van der Waals surface area contributed by atoms with Gasteiger partial charge >= 0.3 is 0 Å². The predicted molar refractivity (Wildman–Crippen MR) is 180 cm³/mol. The molecular formula is C38H65N2+. The minimum atomic E-state index is 0.710. The summed E-state index contributed by atoms with van der Waals surface area (Å²) >= 11 is 0. The van der Waals surface area contributed by atoms with Gasteiger partial charge in [-0.1, -0.05) is 168 Å². The molecule has 0 spiro atoms. The Bertz CT molecular complexity index is 722. The molecule has 0 aromatic heterocycles. The molecule has 1 unspecified atom stereocenters. The Kier molecular flexibility index (Phi) is 21.8. The third kappa shape index (κ3) is 17.3. The van der Waals surface area contributed by atoms with Crippen LogP contribution in [0, 0.1) is 6.17 Å². The number of benzene rings is 1. The van der Waals surface area contributed by atoms with Gasteiger partial charge in [0.25, 0.3) is 0 Å². The molecule has 0 saturated heterocycles. The zero-order valence-corrected chi connectivity index (χ0v) is 26.8. The van der Waals surface area contributed by atoms with Crippen LogP contribution in [0.1, 0.15) is 198 Å². The maximum Gasteiger partial charge on any atom is 0.243 e. The highest BCUT2D eigenvalue weighted by Crippen LogP contribution is 2.30. The van der Waals surface area contributed by atoms with Gasteiger partial charge in [-0.25, -0.2) is 0 Å². The van der Waals surface area contributed by atoms with Crippen molar-refractivity contribution in [3.05, 3.63) is 41.6 Å². The molecule has 0 amide bonds. The van der Waals surface area contributed by atoms with Gasteiger partial charge in [0.2, 0.25) is 6.17 Å². The van der Waals surface area contributed by atoms with E-state index in [4.69, 9.17) is 0 Å². The smallest absolute Gasteiger partial charge is 0.147 e.